The van der Waals surface area contributed by atoms with Crippen LogP contribution in [0, 0.1) is 5.82 Å². The Morgan fingerprint density at radius 2 is 1.72 bits per heavy atom. The molecule has 3 nitrogen and oxygen atoms in total. The summed E-state index contributed by atoms with van der Waals surface area (Å²) < 4.78 is 12.9. The number of carbonyl (C=O) groups excluding carboxylic acids is 1. The topological polar surface area (TPSA) is 32.3 Å². The lowest BCUT2D eigenvalue weighted by atomic mass is 10.1. The van der Waals surface area contributed by atoms with Gasteiger partial charge in [-0.1, -0.05) is 44.2 Å². The van der Waals surface area contributed by atoms with Gasteiger partial charge in [0.05, 0.1) is 11.8 Å². The van der Waals surface area contributed by atoms with Crippen LogP contribution in [0.15, 0.2) is 59.5 Å². The lowest BCUT2D eigenvalue weighted by Gasteiger charge is -2.30. The lowest BCUT2D eigenvalue weighted by molar-refractivity contribution is -0.118. The molecule has 0 aliphatic carbocycles. The first-order valence-corrected chi connectivity index (χ1v) is 9.56. The average Bonchev–Trinajstić information content (AvgIpc) is 2.65. The van der Waals surface area contributed by atoms with Crippen molar-refractivity contribution in [1.82, 2.24) is 10.2 Å². The Morgan fingerprint density at radius 1 is 1.08 bits per heavy atom. The molecule has 0 bridgehead atoms. The van der Waals surface area contributed by atoms with E-state index in [9.17, 15) is 9.18 Å². The number of thioether (sulfide) groups is 1. The van der Waals surface area contributed by atoms with Crippen molar-refractivity contribution in [3.63, 3.8) is 0 Å². The molecule has 0 saturated carbocycles. The number of carbonyl (C=O) groups is 1. The molecular formula is C20H25FN2OS. The molecule has 0 heterocycles. The van der Waals surface area contributed by atoms with E-state index in [4.69, 9.17) is 0 Å². The summed E-state index contributed by atoms with van der Waals surface area (Å²) in [5.41, 5.74) is 1.21. The Labute approximate surface area is 153 Å². The van der Waals surface area contributed by atoms with Gasteiger partial charge in [-0.25, -0.2) is 4.39 Å². The van der Waals surface area contributed by atoms with Gasteiger partial charge in [0.2, 0.25) is 5.91 Å². The molecule has 1 N–H and O–H groups in total. The number of likely N-dealkylation sites (N-methyl/N-ethyl adjacent to an activating group) is 1. The number of hydrogen-bond acceptors (Lipinski definition) is 3. The van der Waals surface area contributed by atoms with Gasteiger partial charge in [-0.15, -0.1) is 11.8 Å². The molecule has 25 heavy (non-hydrogen) atoms. The number of nitrogens with zero attached hydrogens (tertiary/aromatic N) is 1. The molecule has 0 aromatic heterocycles. The van der Waals surface area contributed by atoms with Gasteiger partial charge in [-0.3, -0.25) is 9.69 Å². The predicted molar refractivity (Wildman–Crippen MR) is 102 cm³/mol. The molecule has 0 saturated heterocycles. The molecule has 0 aliphatic rings. The summed E-state index contributed by atoms with van der Waals surface area (Å²) >= 11 is 1.41. The third kappa shape index (κ3) is 6.18. The molecule has 0 fully saturated rings. The number of amides is 1. The fraction of sp³-hybridized carbons (Fsp3) is 0.350. The zero-order valence-corrected chi connectivity index (χ0v) is 15.6. The number of hydrogen-bond donors (Lipinski definition) is 1. The predicted octanol–water partition coefficient (Wildman–Crippen LogP) is 4.12. The van der Waals surface area contributed by atoms with Crippen LogP contribution in [0.3, 0.4) is 0 Å². The molecule has 0 aliphatic heterocycles. The Hall–Kier alpha value is -1.85. The number of halogens is 1. The van der Waals surface area contributed by atoms with Gasteiger partial charge in [0.25, 0.3) is 0 Å². The SMILES string of the molecule is CCN(CC)C(CNC(=O)CSc1ccc(F)cc1)c1ccccc1. The second kappa shape index (κ2) is 10.2. The van der Waals surface area contributed by atoms with Crippen molar-refractivity contribution in [2.24, 2.45) is 0 Å². The van der Waals surface area contributed by atoms with Crippen LogP contribution in [-0.4, -0.2) is 36.2 Å². The van der Waals surface area contributed by atoms with E-state index >= 15 is 0 Å². The van der Waals surface area contributed by atoms with Crippen LogP contribution in [0.2, 0.25) is 0 Å². The van der Waals surface area contributed by atoms with Crippen molar-refractivity contribution < 1.29 is 9.18 Å². The van der Waals surface area contributed by atoms with Gasteiger partial charge in [-0.2, -0.15) is 0 Å². The maximum absolute atomic E-state index is 12.9. The monoisotopic (exact) mass is 360 g/mol. The highest BCUT2D eigenvalue weighted by molar-refractivity contribution is 8.00. The molecule has 1 unspecified atom stereocenters. The van der Waals surface area contributed by atoms with Gasteiger partial charge in [0.1, 0.15) is 5.82 Å². The van der Waals surface area contributed by atoms with Crippen LogP contribution in [-0.2, 0) is 4.79 Å². The fourth-order valence-corrected chi connectivity index (χ4v) is 3.47. The van der Waals surface area contributed by atoms with E-state index in [1.807, 2.05) is 18.2 Å². The van der Waals surface area contributed by atoms with Crippen LogP contribution in [0.4, 0.5) is 4.39 Å². The maximum Gasteiger partial charge on any atom is 0.230 e. The third-order valence-electron chi connectivity index (χ3n) is 4.11. The van der Waals surface area contributed by atoms with Crippen molar-refractivity contribution in [3.8, 4) is 0 Å². The Morgan fingerprint density at radius 3 is 2.32 bits per heavy atom. The van der Waals surface area contributed by atoms with Gasteiger partial charge < -0.3 is 5.32 Å². The van der Waals surface area contributed by atoms with E-state index < -0.39 is 0 Å². The highest BCUT2D eigenvalue weighted by Crippen LogP contribution is 2.20. The minimum absolute atomic E-state index is 0.0117. The van der Waals surface area contributed by atoms with Crippen molar-refractivity contribution in [2.45, 2.75) is 24.8 Å². The normalized spacial score (nSPS) is 12.2. The van der Waals surface area contributed by atoms with Crippen molar-refractivity contribution >= 4 is 17.7 Å². The second-order valence-electron chi connectivity index (χ2n) is 5.69. The van der Waals surface area contributed by atoms with Crippen LogP contribution < -0.4 is 5.32 Å². The number of rotatable bonds is 9. The molecule has 134 valence electrons. The quantitative estimate of drug-likeness (QED) is 0.683. The standard InChI is InChI=1S/C20H25FN2OS/c1-3-23(4-2)19(16-8-6-5-7-9-16)14-22-20(24)15-25-18-12-10-17(21)11-13-18/h5-13,19H,3-4,14-15H2,1-2H3,(H,22,24). The van der Waals surface area contributed by atoms with Crippen molar-refractivity contribution in [2.75, 3.05) is 25.4 Å². The summed E-state index contributed by atoms with van der Waals surface area (Å²) in [6, 6.07) is 16.6. The summed E-state index contributed by atoms with van der Waals surface area (Å²) in [6.07, 6.45) is 0. The third-order valence-corrected chi connectivity index (χ3v) is 5.13. The molecule has 0 spiro atoms. The first-order chi connectivity index (χ1) is 12.1. The molecular weight excluding hydrogens is 335 g/mol. The van der Waals surface area contributed by atoms with Crippen molar-refractivity contribution in [1.29, 1.82) is 0 Å². The van der Waals surface area contributed by atoms with Crippen LogP contribution in [0.1, 0.15) is 25.5 Å². The minimum atomic E-state index is -0.265. The highest BCUT2D eigenvalue weighted by Gasteiger charge is 2.18. The van der Waals surface area contributed by atoms with E-state index in [1.165, 1.54) is 29.5 Å². The van der Waals surface area contributed by atoms with Gasteiger partial charge in [0, 0.05) is 11.4 Å². The summed E-state index contributed by atoms with van der Waals surface area (Å²) in [6.45, 7) is 6.69. The Balaban J connectivity index is 1.90. The highest BCUT2D eigenvalue weighted by atomic mass is 32.2. The molecule has 0 radical (unpaired) electrons. The molecule has 2 aromatic rings. The zero-order valence-electron chi connectivity index (χ0n) is 14.7. The first kappa shape index (κ1) is 19.5. The van der Waals surface area contributed by atoms with E-state index in [-0.39, 0.29) is 17.8 Å². The van der Waals surface area contributed by atoms with E-state index in [1.54, 1.807) is 12.1 Å². The van der Waals surface area contributed by atoms with Crippen LogP contribution in [0.25, 0.3) is 0 Å². The Bertz CT molecular complexity index is 645. The average molecular weight is 360 g/mol. The second-order valence-corrected chi connectivity index (χ2v) is 6.74. The van der Waals surface area contributed by atoms with Crippen LogP contribution >= 0.6 is 11.8 Å². The molecule has 1 atom stereocenters. The van der Waals surface area contributed by atoms with E-state index in [2.05, 4.69) is 36.2 Å². The summed E-state index contributed by atoms with van der Waals surface area (Å²) in [7, 11) is 0. The molecule has 1 amide bonds. The molecule has 5 heteroatoms. The summed E-state index contributed by atoms with van der Waals surface area (Å²) in [5, 5.41) is 3.04. The Kier molecular flexibility index (Phi) is 7.95. The fourth-order valence-electron chi connectivity index (χ4n) is 2.74. The zero-order chi connectivity index (χ0) is 18.1. The van der Waals surface area contributed by atoms with Crippen LogP contribution in [0.5, 0.6) is 0 Å². The van der Waals surface area contributed by atoms with Gasteiger partial charge in [-0.05, 0) is 42.9 Å². The number of benzene rings is 2. The largest absolute Gasteiger partial charge is 0.353 e. The maximum atomic E-state index is 12.9. The summed E-state index contributed by atoms with van der Waals surface area (Å²) in [5.74, 6) is 0.0481. The lowest BCUT2D eigenvalue weighted by Crippen LogP contribution is -2.38. The van der Waals surface area contributed by atoms with Gasteiger partial charge >= 0.3 is 0 Å². The van der Waals surface area contributed by atoms with E-state index in [0.29, 0.717) is 12.3 Å². The number of nitrogens with one attached hydrogen (secondary N) is 1. The smallest absolute Gasteiger partial charge is 0.230 e. The minimum Gasteiger partial charge on any atom is -0.353 e. The summed E-state index contributed by atoms with van der Waals surface area (Å²) in [4.78, 5) is 15.4. The first-order valence-electron chi connectivity index (χ1n) is 8.58. The molecule has 2 rings (SSSR count). The van der Waals surface area contributed by atoms with Gasteiger partial charge in [0.15, 0.2) is 0 Å². The van der Waals surface area contributed by atoms with Crippen molar-refractivity contribution in [3.05, 3.63) is 66.0 Å². The van der Waals surface area contributed by atoms with E-state index in [0.717, 1.165) is 18.0 Å². The molecule has 2 aromatic carbocycles.